The molecule has 0 fully saturated rings. The lowest BCUT2D eigenvalue weighted by Gasteiger charge is -2.31. The van der Waals surface area contributed by atoms with E-state index in [0.717, 1.165) is 5.69 Å². The molecule has 0 radical (unpaired) electrons. The summed E-state index contributed by atoms with van der Waals surface area (Å²) >= 11 is 0. The quantitative estimate of drug-likeness (QED) is 0.172. The monoisotopic (exact) mass is 718 g/mol. The van der Waals surface area contributed by atoms with Crippen molar-refractivity contribution < 1.29 is 0 Å². The van der Waals surface area contributed by atoms with Crippen LogP contribution in [0.25, 0.3) is 60.9 Å². The van der Waals surface area contributed by atoms with Crippen LogP contribution in [-0.4, -0.2) is 4.57 Å². The smallest absolute Gasteiger partial charge is 0.0543 e. The Morgan fingerprint density at radius 1 is 0.393 bits per heavy atom. The van der Waals surface area contributed by atoms with Gasteiger partial charge in [0.2, 0.25) is 0 Å². The molecule has 1 aromatic heterocycles. The maximum atomic E-state index is 2.54. The Morgan fingerprint density at radius 2 is 0.893 bits per heavy atom. The molecule has 11 rings (SSSR count). The summed E-state index contributed by atoms with van der Waals surface area (Å²) < 4.78 is 2.38. The first-order chi connectivity index (χ1) is 27.3. The first kappa shape index (κ1) is 32.8. The third-order valence-corrected chi connectivity index (χ3v) is 12.8. The summed E-state index contributed by atoms with van der Waals surface area (Å²) in [6, 6.07) is 67.4. The van der Waals surface area contributed by atoms with Crippen molar-refractivity contribution in [1.82, 2.24) is 4.57 Å². The fourth-order valence-corrected chi connectivity index (χ4v) is 10.1. The van der Waals surface area contributed by atoms with Crippen molar-refractivity contribution in [3.8, 4) is 39.1 Å². The Hall–Kier alpha value is -6.64. The molecule has 0 amide bonds. The number of hydrogen-bond acceptors (Lipinski definition) is 1. The van der Waals surface area contributed by atoms with Crippen molar-refractivity contribution in [2.45, 2.75) is 38.5 Å². The zero-order valence-electron chi connectivity index (χ0n) is 32.2. The first-order valence-corrected chi connectivity index (χ1v) is 19.8. The number of para-hydroxylation sites is 2. The predicted octanol–water partition coefficient (Wildman–Crippen LogP) is 14.5. The molecule has 0 unspecified atom stereocenters. The van der Waals surface area contributed by atoms with Gasteiger partial charge in [0, 0.05) is 44.1 Å². The molecule has 56 heavy (non-hydrogen) atoms. The van der Waals surface area contributed by atoms with Crippen LogP contribution in [0, 0.1) is 0 Å². The van der Waals surface area contributed by atoms with Gasteiger partial charge in [-0.25, -0.2) is 0 Å². The van der Waals surface area contributed by atoms with E-state index in [1.807, 2.05) is 0 Å². The van der Waals surface area contributed by atoms with Crippen molar-refractivity contribution in [3.05, 3.63) is 204 Å². The maximum absolute atomic E-state index is 2.54. The fraction of sp³-hybridized carbons (Fsp3) is 0.111. The van der Waals surface area contributed by atoms with Gasteiger partial charge in [-0.2, -0.15) is 0 Å². The second-order valence-corrected chi connectivity index (χ2v) is 16.5. The number of fused-ring (bicyclic) bond motifs is 9. The van der Waals surface area contributed by atoms with Crippen molar-refractivity contribution in [1.29, 1.82) is 0 Å². The average molecular weight is 719 g/mol. The highest BCUT2D eigenvalue weighted by Gasteiger charge is 2.40. The normalized spacial score (nSPS) is 14.4. The van der Waals surface area contributed by atoms with Crippen LogP contribution in [0.1, 0.15) is 49.9 Å². The molecule has 0 spiro atoms. The fourth-order valence-electron chi connectivity index (χ4n) is 10.1. The molecule has 0 N–H and O–H groups in total. The van der Waals surface area contributed by atoms with Crippen LogP contribution < -0.4 is 4.90 Å². The summed E-state index contributed by atoms with van der Waals surface area (Å²) in [6.07, 6.45) is 0. The van der Waals surface area contributed by atoms with Gasteiger partial charge in [-0.15, -0.1) is 0 Å². The van der Waals surface area contributed by atoms with E-state index in [0.29, 0.717) is 0 Å². The van der Waals surface area contributed by atoms with E-state index in [-0.39, 0.29) is 10.8 Å². The lowest BCUT2D eigenvalue weighted by molar-refractivity contribution is 0.660. The molecular formula is C54H42N2. The highest BCUT2D eigenvalue weighted by Crippen LogP contribution is 2.58. The van der Waals surface area contributed by atoms with Crippen LogP contribution in [0.5, 0.6) is 0 Å². The summed E-state index contributed by atoms with van der Waals surface area (Å²) in [5, 5.41) is 2.52. The third kappa shape index (κ3) is 4.56. The van der Waals surface area contributed by atoms with Gasteiger partial charge < -0.3 is 9.47 Å². The molecule has 0 saturated carbocycles. The summed E-state index contributed by atoms with van der Waals surface area (Å²) in [7, 11) is 0. The molecule has 0 saturated heterocycles. The van der Waals surface area contributed by atoms with Crippen LogP contribution in [0.2, 0.25) is 0 Å². The van der Waals surface area contributed by atoms with Gasteiger partial charge in [-0.05, 0) is 99.1 Å². The second kappa shape index (κ2) is 11.9. The number of aromatic nitrogens is 1. The highest BCUT2D eigenvalue weighted by molar-refractivity contribution is 6.10. The SMILES string of the molecule is CC1(C)c2ccccc2-c2c(N(c3ccc(-c4ccc5c(c4)c4ccccc4n5-c4ccccc4)cc3)c3cccc4c3-c3ccccc3C4(C)C)cccc21. The average Bonchev–Trinajstić information content (AvgIpc) is 3.79. The van der Waals surface area contributed by atoms with E-state index in [1.54, 1.807) is 0 Å². The van der Waals surface area contributed by atoms with Crippen molar-refractivity contribution in [2.24, 2.45) is 0 Å². The Kier molecular flexibility index (Phi) is 6.98. The Bertz CT molecular complexity index is 2910. The number of nitrogens with zero attached hydrogens (tertiary/aromatic N) is 2. The molecule has 0 aliphatic heterocycles. The van der Waals surface area contributed by atoms with Crippen LogP contribution in [0.4, 0.5) is 17.1 Å². The molecule has 2 aliphatic carbocycles. The van der Waals surface area contributed by atoms with Crippen molar-refractivity contribution in [3.63, 3.8) is 0 Å². The van der Waals surface area contributed by atoms with E-state index in [4.69, 9.17) is 0 Å². The van der Waals surface area contributed by atoms with E-state index >= 15 is 0 Å². The predicted molar refractivity (Wildman–Crippen MR) is 236 cm³/mol. The minimum absolute atomic E-state index is 0.104. The van der Waals surface area contributed by atoms with Crippen molar-refractivity contribution in [2.75, 3.05) is 4.90 Å². The van der Waals surface area contributed by atoms with Gasteiger partial charge in [0.15, 0.2) is 0 Å². The van der Waals surface area contributed by atoms with Crippen molar-refractivity contribution >= 4 is 38.9 Å². The molecule has 9 aromatic rings. The summed E-state index contributed by atoms with van der Waals surface area (Å²) in [4.78, 5) is 2.54. The second-order valence-electron chi connectivity index (χ2n) is 16.5. The zero-order chi connectivity index (χ0) is 37.8. The summed E-state index contributed by atoms with van der Waals surface area (Å²) in [6.45, 7) is 9.47. The van der Waals surface area contributed by atoms with Crippen LogP contribution >= 0.6 is 0 Å². The molecule has 268 valence electrons. The molecule has 0 bridgehead atoms. The number of benzene rings is 8. The van der Waals surface area contributed by atoms with E-state index in [2.05, 4.69) is 219 Å². The van der Waals surface area contributed by atoms with Crippen LogP contribution in [-0.2, 0) is 10.8 Å². The largest absolute Gasteiger partial charge is 0.309 e. The van der Waals surface area contributed by atoms with Gasteiger partial charge >= 0.3 is 0 Å². The Labute approximate surface area is 328 Å². The molecule has 2 heteroatoms. The molecule has 2 nitrogen and oxygen atoms in total. The van der Waals surface area contributed by atoms with Gasteiger partial charge in [0.1, 0.15) is 0 Å². The van der Waals surface area contributed by atoms with Gasteiger partial charge in [0.05, 0.1) is 22.4 Å². The van der Waals surface area contributed by atoms with Gasteiger partial charge in [-0.1, -0.05) is 155 Å². The zero-order valence-corrected chi connectivity index (χ0v) is 32.2. The molecular weight excluding hydrogens is 677 g/mol. The summed E-state index contributed by atoms with van der Waals surface area (Å²) in [5.41, 5.74) is 20.1. The highest BCUT2D eigenvalue weighted by atomic mass is 15.1. The molecule has 1 heterocycles. The number of hydrogen-bond donors (Lipinski definition) is 0. The minimum atomic E-state index is -0.104. The molecule has 8 aromatic carbocycles. The lowest BCUT2D eigenvalue weighted by atomic mass is 9.82. The molecule has 0 atom stereocenters. The third-order valence-electron chi connectivity index (χ3n) is 12.8. The minimum Gasteiger partial charge on any atom is -0.309 e. The summed E-state index contributed by atoms with van der Waals surface area (Å²) in [5.74, 6) is 0. The van der Waals surface area contributed by atoms with Gasteiger partial charge in [-0.3, -0.25) is 0 Å². The lowest BCUT2D eigenvalue weighted by Crippen LogP contribution is -2.17. The van der Waals surface area contributed by atoms with E-state index in [9.17, 15) is 0 Å². The van der Waals surface area contributed by atoms with Gasteiger partial charge in [0.25, 0.3) is 0 Å². The first-order valence-electron chi connectivity index (χ1n) is 19.8. The van der Waals surface area contributed by atoms with E-state index < -0.39 is 0 Å². The topological polar surface area (TPSA) is 8.17 Å². The van der Waals surface area contributed by atoms with E-state index in [1.165, 1.54) is 94.5 Å². The standard InChI is InChI=1S/C54H42N2/c1-53(2)43-21-11-8-19-40(43)51-45(53)23-14-26-49(51)56(50-27-15-24-46-52(50)41-20-9-12-22-44(41)54(46,3)4)38-31-28-35(29-32-38)36-30-33-48-42(34-36)39-18-10-13-25-47(39)55(48)37-16-6-5-7-17-37/h5-34H,1-4H3. The number of rotatable bonds is 5. The molecule has 2 aliphatic rings. The Balaban J connectivity index is 1.11. The Morgan fingerprint density at radius 3 is 1.52 bits per heavy atom. The van der Waals surface area contributed by atoms with Crippen LogP contribution in [0.15, 0.2) is 182 Å². The maximum Gasteiger partial charge on any atom is 0.0543 e. The number of anilines is 3. The van der Waals surface area contributed by atoms with Crippen LogP contribution in [0.3, 0.4) is 0 Å².